The minimum Gasteiger partial charge on any atom is -0.493 e. The number of benzene rings is 1. The van der Waals surface area contributed by atoms with E-state index >= 15 is 0 Å². The van der Waals surface area contributed by atoms with Crippen LogP contribution >= 0.6 is 11.3 Å². The van der Waals surface area contributed by atoms with Gasteiger partial charge in [-0.15, -0.1) is 11.3 Å². The minimum absolute atomic E-state index is 0.0188. The highest BCUT2D eigenvalue weighted by Crippen LogP contribution is 2.35. The summed E-state index contributed by atoms with van der Waals surface area (Å²) in [4.78, 5) is 24.9. The van der Waals surface area contributed by atoms with E-state index in [0.717, 1.165) is 66.5 Å². The molecule has 0 spiro atoms. The van der Waals surface area contributed by atoms with Gasteiger partial charge in [-0.2, -0.15) is 0 Å². The molecule has 30 heavy (non-hydrogen) atoms. The summed E-state index contributed by atoms with van der Waals surface area (Å²) in [6, 6.07) is 10.3. The molecule has 0 amide bonds. The van der Waals surface area contributed by atoms with Gasteiger partial charge >= 0.3 is 0 Å². The van der Waals surface area contributed by atoms with Crippen LogP contribution in [0.3, 0.4) is 0 Å². The lowest BCUT2D eigenvalue weighted by Crippen LogP contribution is -2.35. The third-order valence-electron chi connectivity index (χ3n) is 5.39. The van der Waals surface area contributed by atoms with Gasteiger partial charge in [0.05, 0.1) is 25.5 Å². The number of aromatic nitrogens is 2. The summed E-state index contributed by atoms with van der Waals surface area (Å²) in [6.07, 6.45) is 2.62. The first-order valence-corrected chi connectivity index (χ1v) is 11.1. The summed E-state index contributed by atoms with van der Waals surface area (Å²) >= 11 is 1.77. The number of rotatable bonds is 7. The number of nitrogens with one attached hydrogen (secondary N) is 1. The maximum atomic E-state index is 12.5. The Bertz CT molecular complexity index is 1090. The zero-order chi connectivity index (χ0) is 21.1. The Balaban J connectivity index is 1.48. The third-order valence-corrected chi connectivity index (χ3v) is 6.51. The van der Waals surface area contributed by atoms with Crippen molar-refractivity contribution in [1.82, 2.24) is 14.9 Å². The predicted molar refractivity (Wildman–Crippen MR) is 120 cm³/mol. The first-order valence-electron chi connectivity index (χ1n) is 10.3. The first-order chi connectivity index (χ1) is 14.6. The fourth-order valence-corrected chi connectivity index (χ4v) is 4.90. The van der Waals surface area contributed by atoms with Crippen molar-refractivity contribution < 1.29 is 9.47 Å². The van der Waals surface area contributed by atoms with Gasteiger partial charge in [0.2, 0.25) is 0 Å². The van der Waals surface area contributed by atoms with E-state index < -0.39 is 0 Å². The molecule has 0 aliphatic carbocycles. The Morgan fingerprint density at radius 3 is 2.77 bits per heavy atom. The number of fused-ring (bicyclic) bond motifs is 1. The molecule has 7 heteroatoms. The fraction of sp³-hybridized carbons (Fsp3) is 0.391. The van der Waals surface area contributed by atoms with E-state index in [1.807, 2.05) is 18.2 Å². The lowest BCUT2D eigenvalue weighted by Gasteiger charge is -2.27. The Labute approximate surface area is 180 Å². The van der Waals surface area contributed by atoms with Crippen LogP contribution in [-0.4, -0.2) is 35.6 Å². The standard InChI is InChI=1S/C23H27N3O3S/c1-4-5-22-24-18-10-11-26(14-17(18)23(27)25-22)13-16-7-9-21(30-16)15-6-8-19(28-2)20(12-15)29-3/h6-9,12H,4-5,10-11,13-14H2,1-3H3,(H,24,25,27). The zero-order valence-corrected chi connectivity index (χ0v) is 18.5. The van der Waals surface area contributed by atoms with Crippen LogP contribution in [-0.2, 0) is 25.9 Å². The van der Waals surface area contributed by atoms with E-state index in [1.54, 1.807) is 25.6 Å². The van der Waals surface area contributed by atoms with Gasteiger partial charge in [-0.05, 0) is 42.3 Å². The molecule has 4 rings (SSSR count). The van der Waals surface area contributed by atoms with Crippen molar-refractivity contribution in [2.45, 2.75) is 39.3 Å². The Hall–Kier alpha value is -2.64. The molecule has 0 bridgehead atoms. The number of aryl methyl sites for hydroxylation is 1. The van der Waals surface area contributed by atoms with Crippen molar-refractivity contribution in [2.24, 2.45) is 0 Å². The molecule has 3 heterocycles. The van der Waals surface area contributed by atoms with Gasteiger partial charge in [0.1, 0.15) is 5.82 Å². The van der Waals surface area contributed by atoms with E-state index in [1.165, 1.54) is 9.75 Å². The molecule has 1 N–H and O–H groups in total. The highest BCUT2D eigenvalue weighted by atomic mass is 32.1. The van der Waals surface area contributed by atoms with Crippen LogP contribution < -0.4 is 15.0 Å². The summed E-state index contributed by atoms with van der Waals surface area (Å²) < 4.78 is 10.8. The predicted octanol–water partition coefficient (Wildman–Crippen LogP) is 4.03. The van der Waals surface area contributed by atoms with E-state index in [4.69, 9.17) is 9.47 Å². The van der Waals surface area contributed by atoms with Crippen LogP contribution in [0.5, 0.6) is 11.5 Å². The summed E-state index contributed by atoms with van der Waals surface area (Å²) in [5, 5.41) is 0. The van der Waals surface area contributed by atoms with Crippen LogP contribution in [0.2, 0.25) is 0 Å². The molecule has 6 nitrogen and oxygen atoms in total. The van der Waals surface area contributed by atoms with Crippen molar-refractivity contribution in [3.05, 3.63) is 62.6 Å². The topological polar surface area (TPSA) is 67.5 Å². The van der Waals surface area contributed by atoms with Gasteiger partial charge in [0.15, 0.2) is 11.5 Å². The van der Waals surface area contributed by atoms with Gasteiger partial charge in [0, 0.05) is 42.2 Å². The maximum absolute atomic E-state index is 12.5. The molecule has 2 aromatic heterocycles. The second kappa shape index (κ2) is 9.02. The summed E-state index contributed by atoms with van der Waals surface area (Å²) in [7, 11) is 3.29. The van der Waals surface area contributed by atoms with Crippen molar-refractivity contribution in [2.75, 3.05) is 20.8 Å². The average molecular weight is 426 g/mol. The number of H-pyrrole nitrogens is 1. The molecule has 0 radical (unpaired) electrons. The average Bonchev–Trinajstić information content (AvgIpc) is 3.22. The highest BCUT2D eigenvalue weighted by Gasteiger charge is 2.21. The van der Waals surface area contributed by atoms with Crippen LogP contribution in [0.25, 0.3) is 10.4 Å². The summed E-state index contributed by atoms with van der Waals surface area (Å²) in [6.45, 7) is 4.48. The van der Waals surface area contributed by atoms with E-state index in [9.17, 15) is 4.79 Å². The quantitative estimate of drug-likeness (QED) is 0.619. The van der Waals surface area contributed by atoms with Crippen LogP contribution in [0.4, 0.5) is 0 Å². The largest absolute Gasteiger partial charge is 0.493 e. The highest BCUT2D eigenvalue weighted by molar-refractivity contribution is 7.15. The molecule has 0 fully saturated rings. The molecule has 1 aliphatic rings. The Kier molecular flexibility index (Phi) is 6.20. The SMILES string of the molecule is CCCc1nc2c(c(=O)[nH]1)CN(Cc1ccc(-c3ccc(OC)c(OC)c3)s1)CC2. The molecule has 1 aromatic carbocycles. The summed E-state index contributed by atoms with van der Waals surface area (Å²) in [5.41, 5.74) is 2.91. The monoisotopic (exact) mass is 425 g/mol. The molecule has 0 saturated carbocycles. The fourth-order valence-electron chi connectivity index (χ4n) is 3.85. The molecule has 0 saturated heterocycles. The Morgan fingerprint density at radius 2 is 2.00 bits per heavy atom. The van der Waals surface area contributed by atoms with E-state index in [0.29, 0.717) is 6.54 Å². The lowest BCUT2D eigenvalue weighted by atomic mass is 10.1. The van der Waals surface area contributed by atoms with Crippen molar-refractivity contribution in [1.29, 1.82) is 0 Å². The van der Waals surface area contributed by atoms with Crippen LogP contribution in [0.15, 0.2) is 35.1 Å². The number of hydrogen-bond acceptors (Lipinski definition) is 6. The smallest absolute Gasteiger partial charge is 0.255 e. The second-order valence-corrected chi connectivity index (χ2v) is 8.65. The first kappa shape index (κ1) is 20.6. The van der Waals surface area contributed by atoms with Gasteiger partial charge in [-0.1, -0.05) is 6.92 Å². The lowest BCUT2D eigenvalue weighted by molar-refractivity contribution is 0.243. The molecular weight excluding hydrogens is 398 g/mol. The van der Waals surface area contributed by atoms with Gasteiger partial charge < -0.3 is 14.5 Å². The second-order valence-electron chi connectivity index (χ2n) is 7.48. The molecule has 3 aromatic rings. The number of aromatic amines is 1. The van der Waals surface area contributed by atoms with Crippen molar-refractivity contribution in [3.8, 4) is 21.9 Å². The molecule has 0 atom stereocenters. The normalized spacial score (nSPS) is 13.8. The van der Waals surface area contributed by atoms with E-state index in [-0.39, 0.29) is 5.56 Å². The number of thiophene rings is 1. The number of nitrogens with zero attached hydrogens (tertiary/aromatic N) is 2. The minimum atomic E-state index is 0.0188. The van der Waals surface area contributed by atoms with Gasteiger partial charge in [-0.25, -0.2) is 4.98 Å². The molecular formula is C23H27N3O3S. The van der Waals surface area contributed by atoms with Crippen LogP contribution in [0.1, 0.15) is 35.3 Å². The molecule has 158 valence electrons. The number of methoxy groups -OCH3 is 2. The van der Waals surface area contributed by atoms with E-state index in [2.05, 4.69) is 33.9 Å². The Morgan fingerprint density at radius 1 is 1.17 bits per heavy atom. The molecule has 1 aliphatic heterocycles. The van der Waals surface area contributed by atoms with Gasteiger partial charge in [0.25, 0.3) is 5.56 Å². The number of ether oxygens (including phenoxy) is 2. The number of hydrogen-bond donors (Lipinski definition) is 1. The van der Waals surface area contributed by atoms with Crippen LogP contribution in [0, 0.1) is 0 Å². The van der Waals surface area contributed by atoms with Gasteiger partial charge in [-0.3, -0.25) is 9.69 Å². The third kappa shape index (κ3) is 4.27. The van der Waals surface area contributed by atoms with Crippen molar-refractivity contribution in [3.63, 3.8) is 0 Å². The molecule has 0 unspecified atom stereocenters. The zero-order valence-electron chi connectivity index (χ0n) is 17.7. The maximum Gasteiger partial charge on any atom is 0.255 e. The summed E-state index contributed by atoms with van der Waals surface area (Å²) in [5.74, 6) is 2.27. The van der Waals surface area contributed by atoms with Crippen molar-refractivity contribution >= 4 is 11.3 Å².